The number of nitrogens with zero attached hydrogens (tertiary/aromatic N) is 2. The maximum absolute atomic E-state index is 11.9. The number of hydrogen-bond acceptors (Lipinski definition) is 5. The van der Waals surface area contributed by atoms with Gasteiger partial charge in [0, 0.05) is 5.71 Å². The molecule has 1 N–H and O–H groups in total. The van der Waals surface area contributed by atoms with Crippen molar-refractivity contribution in [3.05, 3.63) is 24.3 Å². The molecular weight excluding hydrogens is 314 g/mol. The molecule has 1 aliphatic carbocycles. The van der Waals surface area contributed by atoms with Crippen molar-refractivity contribution in [3.8, 4) is 0 Å². The number of hydrogen-bond donors (Lipinski definition) is 1. The zero-order valence-corrected chi connectivity index (χ0v) is 14.2. The number of nitrogens with one attached hydrogen (secondary N) is 1. The van der Waals surface area contributed by atoms with Crippen molar-refractivity contribution in [1.82, 2.24) is 10.4 Å². The molecule has 1 fully saturated rings. The molecule has 116 valence electrons. The summed E-state index contributed by atoms with van der Waals surface area (Å²) in [4.78, 5) is 16.4. The van der Waals surface area contributed by atoms with Crippen LogP contribution in [0, 0.1) is 5.92 Å². The molecule has 0 spiro atoms. The van der Waals surface area contributed by atoms with Gasteiger partial charge in [-0.15, -0.1) is 11.3 Å². The summed E-state index contributed by atoms with van der Waals surface area (Å²) in [5, 5.41) is 4.28. The summed E-state index contributed by atoms with van der Waals surface area (Å²) in [6.07, 6.45) is 4.46. The van der Waals surface area contributed by atoms with Gasteiger partial charge in [0.1, 0.15) is 0 Å². The highest BCUT2D eigenvalue weighted by Crippen LogP contribution is 2.29. The summed E-state index contributed by atoms with van der Waals surface area (Å²) in [6.45, 7) is 2.24. The summed E-state index contributed by atoms with van der Waals surface area (Å²) in [5.74, 6) is 0.975. The van der Waals surface area contributed by atoms with Crippen molar-refractivity contribution in [1.29, 1.82) is 0 Å². The highest BCUT2D eigenvalue weighted by atomic mass is 32.2. The maximum atomic E-state index is 11.9. The number of fused-ring (bicyclic) bond motifs is 1. The molecule has 1 aromatic heterocycles. The van der Waals surface area contributed by atoms with Gasteiger partial charge in [-0.05, 0) is 43.7 Å². The predicted molar refractivity (Wildman–Crippen MR) is 93.6 cm³/mol. The van der Waals surface area contributed by atoms with Crippen molar-refractivity contribution in [3.63, 3.8) is 0 Å². The van der Waals surface area contributed by atoms with E-state index < -0.39 is 0 Å². The topological polar surface area (TPSA) is 54.4 Å². The average Bonchev–Trinajstić information content (AvgIpc) is 2.94. The van der Waals surface area contributed by atoms with Crippen LogP contribution in [0.4, 0.5) is 0 Å². The molecule has 4 nitrogen and oxygen atoms in total. The van der Waals surface area contributed by atoms with Crippen molar-refractivity contribution in [2.45, 2.75) is 36.9 Å². The number of aromatic nitrogens is 1. The Morgan fingerprint density at radius 3 is 3.18 bits per heavy atom. The monoisotopic (exact) mass is 333 g/mol. The number of thioether (sulfide) groups is 1. The summed E-state index contributed by atoms with van der Waals surface area (Å²) in [7, 11) is 0. The fourth-order valence-electron chi connectivity index (χ4n) is 2.58. The lowest BCUT2D eigenvalue weighted by atomic mass is 9.89. The molecular formula is C16H19N3OS2. The van der Waals surface area contributed by atoms with Crippen LogP contribution in [0.5, 0.6) is 0 Å². The predicted octanol–water partition coefficient (Wildman–Crippen LogP) is 4.07. The Labute approximate surface area is 138 Å². The summed E-state index contributed by atoms with van der Waals surface area (Å²) in [6, 6.07) is 8.02. The molecule has 0 saturated heterocycles. The second-order valence-electron chi connectivity index (χ2n) is 5.65. The van der Waals surface area contributed by atoms with Crippen molar-refractivity contribution < 1.29 is 4.79 Å². The van der Waals surface area contributed by atoms with Gasteiger partial charge in [0.2, 0.25) is 0 Å². The van der Waals surface area contributed by atoms with E-state index in [0.717, 1.165) is 33.1 Å². The Morgan fingerprint density at radius 2 is 2.36 bits per heavy atom. The van der Waals surface area contributed by atoms with Gasteiger partial charge in [0.05, 0.1) is 16.0 Å². The number of amides is 1. The van der Waals surface area contributed by atoms with Crippen LogP contribution in [-0.2, 0) is 4.79 Å². The Kier molecular flexibility index (Phi) is 5.10. The number of benzene rings is 1. The lowest BCUT2D eigenvalue weighted by Gasteiger charge is -2.18. The molecule has 0 radical (unpaired) electrons. The third-order valence-corrected chi connectivity index (χ3v) is 5.87. The van der Waals surface area contributed by atoms with E-state index in [0.29, 0.717) is 11.7 Å². The quantitative estimate of drug-likeness (QED) is 0.678. The molecule has 1 heterocycles. The normalized spacial score (nSPS) is 20.4. The number of hydrazone groups is 1. The molecule has 0 aliphatic heterocycles. The van der Waals surface area contributed by atoms with E-state index >= 15 is 0 Å². The largest absolute Gasteiger partial charge is 0.272 e. The van der Waals surface area contributed by atoms with Crippen LogP contribution in [0.15, 0.2) is 33.7 Å². The zero-order chi connectivity index (χ0) is 15.4. The number of rotatable bonds is 4. The van der Waals surface area contributed by atoms with E-state index in [1.54, 1.807) is 11.3 Å². The minimum atomic E-state index is -0.0602. The molecule has 1 aromatic carbocycles. The van der Waals surface area contributed by atoms with Crippen molar-refractivity contribution >= 4 is 44.9 Å². The molecule has 22 heavy (non-hydrogen) atoms. The maximum Gasteiger partial charge on any atom is 0.250 e. The highest BCUT2D eigenvalue weighted by molar-refractivity contribution is 8.01. The molecule has 1 atom stereocenters. The Hall–Kier alpha value is -1.40. The van der Waals surface area contributed by atoms with E-state index in [1.807, 2.05) is 24.3 Å². The van der Waals surface area contributed by atoms with E-state index in [9.17, 15) is 4.79 Å². The first-order chi connectivity index (χ1) is 10.7. The standard InChI is InChI=1S/C16H19N3OS2/c1-11-5-4-6-12(9-11)18-19-15(20)10-21-16-17-13-7-2-3-8-14(13)22-16/h2-3,7-8,11H,4-6,9-10H2,1H3,(H,19,20)/b18-12+. The van der Waals surface area contributed by atoms with Gasteiger partial charge in [0.25, 0.3) is 5.91 Å². The molecule has 2 aromatic rings. The number of para-hydroxylation sites is 1. The lowest BCUT2D eigenvalue weighted by molar-refractivity contribution is -0.118. The number of carbonyl (C=O) groups is 1. The third kappa shape index (κ3) is 4.08. The molecule has 3 rings (SSSR count). The van der Waals surface area contributed by atoms with Crippen LogP contribution < -0.4 is 5.43 Å². The van der Waals surface area contributed by atoms with Gasteiger partial charge < -0.3 is 0 Å². The highest BCUT2D eigenvalue weighted by Gasteiger charge is 2.14. The smallest absolute Gasteiger partial charge is 0.250 e. The third-order valence-electron chi connectivity index (χ3n) is 3.69. The molecule has 1 saturated carbocycles. The Morgan fingerprint density at radius 1 is 1.50 bits per heavy atom. The molecule has 1 aliphatic rings. The molecule has 1 unspecified atom stereocenters. The molecule has 6 heteroatoms. The fraction of sp³-hybridized carbons (Fsp3) is 0.438. The van der Waals surface area contributed by atoms with Gasteiger partial charge >= 0.3 is 0 Å². The van der Waals surface area contributed by atoms with Crippen LogP contribution in [0.2, 0.25) is 0 Å². The molecule has 0 bridgehead atoms. The van der Waals surface area contributed by atoms with E-state index in [4.69, 9.17) is 0 Å². The van der Waals surface area contributed by atoms with Gasteiger partial charge in [-0.1, -0.05) is 30.8 Å². The first-order valence-electron chi connectivity index (χ1n) is 7.53. The second-order valence-corrected chi connectivity index (χ2v) is 7.90. The van der Waals surface area contributed by atoms with Crippen molar-refractivity contribution in [2.24, 2.45) is 11.0 Å². The number of carbonyl (C=O) groups excluding carboxylic acids is 1. The van der Waals surface area contributed by atoms with Gasteiger partial charge in [-0.2, -0.15) is 5.10 Å². The summed E-state index contributed by atoms with van der Waals surface area (Å²) < 4.78 is 2.08. The van der Waals surface area contributed by atoms with Crippen molar-refractivity contribution in [2.75, 3.05) is 5.75 Å². The van der Waals surface area contributed by atoms with Gasteiger partial charge in [0.15, 0.2) is 4.34 Å². The number of thiazole rings is 1. The van der Waals surface area contributed by atoms with Gasteiger partial charge in [-0.25, -0.2) is 10.4 Å². The first kappa shape index (κ1) is 15.5. The van der Waals surface area contributed by atoms with Crippen LogP contribution >= 0.6 is 23.1 Å². The van der Waals surface area contributed by atoms with E-state index in [-0.39, 0.29) is 5.91 Å². The summed E-state index contributed by atoms with van der Waals surface area (Å²) >= 11 is 3.09. The van der Waals surface area contributed by atoms with Crippen LogP contribution in [0.3, 0.4) is 0 Å². The minimum absolute atomic E-state index is 0.0602. The fourth-order valence-corrected chi connectivity index (χ4v) is 4.44. The Balaban J connectivity index is 1.50. The molecule has 1 amide bonds. The Bertz CT molecular complexity index is 663. The minimum Gasteiger partial charge on any atom is -0.272 e. The second kappa shape index (κ2) is 7.24. The van der Waals surface area contributed by atoms with E-state index in [2.05, 4.69) is 22.4 Å². The summed E-state index contributed by atoms with van der Waals surface area (Å²) in [5.41, 5.74) is 4.80. The van der Waals surface area contributed by atoms with Gasteiger partial charge in [-0.3, -0.25) is 4.79 Å². The first-order valence-corrected chi connectivity index (χ1v) is 9.33. The SMILES string of the molecule is CC1CCC/C(=N\NC(=O)CSc2nc3ccccc3s2)C1. The van der Waals surface area contributed by atoms with Crippen LogP contribution in [0.1, 0.15) is 32.6 Å². The average molecular weight is 333 g/mol. The van der Waals surface area contributed by atoms with Crippen LogP contribution in [-0.4, -0.2) is 22.4 Å². The zero-order valence-electron chi connectivity index (χ0n) is 12.5. The van der Waals surface area contributed by atoms with E-state index in [1.165, 1.54) is 24.6 Å². The van der Waals surface area contributed by atoms with Crippen LogP contribution in [0.25, 0.3) is 10.2 Å². The lowest BCUT2D eigenvalue weighted by Crippen LogP contribution is -2.23.